The number of nitrogens with one attached hydrogen (secondary N) is 2. The summed E-state index contributed by atoms with van der Waals surface area (Å²) < 4.78 is 0. The summed E-state index contributed by atoms with van der Waals surface area (Å²) in [7, 11) is 0. The zero-order valence-corrected chi connectivity index (χ0v) is 13.8. The SMILES string of the molecule is Cc1nc[nH]c(=O)c1CCC(=O)NC(C)CC(=O)c1ccccc1. The molecular weight excluding hydrogens is 306 g/mol. The van der Waals surface area contributed by atoms with Gasteiger partial charge in [-0.3, -0.25) is 14.4 Å². The Balaban J connectivity index is 1.84. The summed E-state index contributed by atoms with van der Waals surface area (Å²) in [5, 5.41) is 2.80. The molecule has 2 aromatic rings. The molecule has 0 spiro atoms. The Kier molecular flexibility index (Phi) is 6.01. The Bertz CT molecular complexity index is 769. The van der Waals surface area contributed by atoms with Crippen LogP contribution in [0.25, 0.3) is 0 Å². The predicted octanol–water partition coefficient (Wildman–Crippen LogP) is 1.79. The van der Waals surface area contributed by atoms with Crippen LogP contribution in [0.15, 0.2) is 41.5 Å². The first-order chi connectivity index (χ1) is 11.5. The molecule has 1 aromatic carbocycles. The molecule has 6 heteroatoms. The van der Waals surface area contributed by atoms with Crippen molar-refractivity contribution < 1.29 is 9.59 Å². The highest BCUT2D eigenvalue weighted by Gasteiger charge is 2.14. The molecule has 1 atom stereocenters. The fourth-order valence-corrected chi connectivity index (χ4v) is 2.47. The van der Waals surface area contributed by atoms with Gasteiger partial charge < -0.3 is 10.3 Å². The topological polar surface area (TPSA) is 91.9 Å². The van der Waals surface area contributed by atoms with Crippen LogP contribution in [0.1, 0.15) is 41.4 Å². The summed E-state index contributed by atoms with van der Waals surface area (Å²) in [5.41, 5.74) is 1.55. The molecule has 0 radical (unpaired) electrons. The number of ketones is 1. The van der Waals surface area contributed by atoms with Gasteiger partial charge in [0.25, 0.3) is 5.56 Å². The van der Waals surface area contributed by atoms with Crippen LogP contribution in [0.2, 0.25) is 0 Å². The average Bonchev–Trinajstić information content (AvgIpc) is 2.55. The number of H-pyrrole nitrogens is 1. The molecule has 0 aliphatic carbocycles. The standard InChI is InChI=1S/C18H21N3O3/c1-12(10-16(22)14-6-4-3-5-7-14)21-17(23)9-8-15-13(2)19-11-20-18(15)24/h3-7,11-12H,8-10H2,1-2H3,(H,21,23)(H,19,20,24). The van der Waals surface area contributed by atoms with E-state index in [9.17, 15) is 14.4 Å². The lowest BCUT2D eigenvalue weighted by molar-refractivity contribution is -0.121. The average molecular weight is 327 g/mol. The first-order valence-electron chi connectivity index (χ1n) is 7.88. The van der Waals surface area contributed by atoms with Crippen molar-refractivity contribution in [2.75, 3.05) is 0 Å². The number of aromatic nitrogens is 2. The third-order valence-corrected chi connectivity index (χ3v) is 3.76. The molecule has 6 nitrogen and oxygen atoms in total. The monoisotopic (exact) mass is 327 g/mol. The van der Waals surface area contributed by atoms with E-state index in [0.717, 1.165) is 0 Å². The van der Waals surface area contributed by atoms with E-state index in [1.54, 1.807) is 26.0 Å². The number of Topliss-reactive ketones (excluding diaryl/α,β-unsaturated/α-hetero) is 1. The number of benzene rings is 1. The third kappa shape index (κ3) is 4.87. The molecule has 2 rings (SSSR count). The van der Waals surface area contributed by atoms with Crippen molar-refractivity contribution in [3.8, 4) is 0 Å². The summed E-state index contributed by atoms with van der Waals surface area (Å²) in [5.74, 6) is -0.200. The Morgan fingerprint density at radius 1 is 1.25 bits per heavy atom. The number of nitrogens with zero attached hydrogens (tertiary/aromatic N) is 1. The van der Waals surface area contributed by atoms with E-state index in [2.05, 4.69) is 15.3 Å². The van der Waals surface area contributed by atoms with Crippen LogP contribution < -0.4 is 10.9 Å². The maximum absolute atomic E-state index is 12.1. The van der Waals surface area contributed by atoms with Crippen molar-refractivity contribution in [2.45, 2.75) is 39.2 Å². The molecule has 0 aliphatic rings. The maximum atomic E-state index is 12.1. The zero-order valence-electron chi connectivity index (χ0n) is 13.8. The van der Waals surface area contributed by atoms with E-state index in [1.807, 2.05) is 18.2 Å². The normalized spacial score (nSPS) is 11.8. The molecule has 0 fully saturated rings. The second kappa shape index (κ2) is 8.19. The van der Waals surface area contributed by atoms with Crippen LogP contribution in [-0.4, -0.2) is 27.7 Å². The molecular formula is C18H21N3O3. The molecule has 1 heterocycles. The van der Waals surface area contributed by atoms with Crippen molar-refractivity contribution in [3.05, 3.63) is 63.8 Å². The first-order valence-corrected chi connectivity index (χ1v) is 7.88. The minimum absolute atomic E-state index is 0.0112. The van der Waals surface area contributed by atoms with Gasteiger partial charge in [-0.25, -0.2) is 4.98 Å². The lowest BCUT2D eigenvalue weighted by Gasteiger charge is -2.13. The zero-order chi connectivity index (χ0) is 17.5. The summed E-state index contributed by atoms with van der Waals surface area (Å²) in [6.07, 6.45) is 2.08. The van der Waals surface area contributed by atoms with Gasteiger partial charge in [-0.2, -0.15) is 0 Å². The van der Waals surface area contributed by atoms with Crippen molar-refractivity contribution >= 4 is 11.7 Å². The highest BCUT2D eigenvalue weighted by molar-refractivity contribution is 5.96. The summed E-state index contributed by atoms with van der Waals surface area (Å²) in [4.78, 5) is 42.3. The van der Waals surface area contributed by atoms with Gasteiger partial charge in [-0.05, 0) is 20.3 Å². The van der Waals surface area contributed by atoms with E-state index in [-0.39, 0.29) is 36.1 Å². The molecule has 1 aromatic heterocycles. The molecule has 2 N–H and O–H groups in total. The molecule has 0 bridgehead atoms. The number of carbonyl (C=O) groups is 2. The number of hydrogen-bond acceptors (Lipinski definition) is 4. The Morgan fingerprint density at radius 2 is 1.96 bits per heavy atom. The molecule has 126 valence electrons. The van der Waals surface area contributed by atoms with Crippen LogP contribution in [-0.2, 0) is 11.2 Å². The number of hydrogen-bond donors (Lipinski definition) is 2. The van der Waals surface area contributed by atoms with Crippen LogP contribution in [0.3, 0.4) is 0 Å². The van der Waals surface area contributed by atoms with E-state index >= 15 is 0 Å². The number of rotatable bonds is 7. The van der Waals surface area contributed by atoms with Crippen molar-refractivity contribution in [3.63, 3.8) is 0 Å². The van der Waals surface area contributed by atoms with Gasteiger partial charge >= 0.3 is 0 Å². The fraction of sp³-hybridized carbons (Fsp3) is 0.333. The predicted molar refractivity (Wildman–Crippen MR) is 90.9 cm³/mol. The number of aryl methyl sites for hydroxylation is 1. The second-order valence-electron chi connectivity index (χ2n) is 5.76. The van der Waals surface area contributed by atoms with Crippen molar-refractivity contribution in [1.82, 2.24) is 15.3 Å². The van der Waals surface area contributed by atoms with Crippen molar-refractivity contribution in [2.24, 2.45) is 0 Å². The van der Waals surface area contributed by atoms with Gasteiger partial charge in [0.15, 0.2) is 5.78 Å². The lowest BCUT2D eigenvalue weighted by atomic mass is 10.0. The third-order valence-electron chi connectivity index (χ3n) is 3.76. The number of carbonyl (C=O) groups excluding carboxylic acids is 2. The smallest absolute Gasteiger partial charge is 0.254 e. The lowest BCUT2D eigenvalue weighted by Crippen LogP contribution is -2.34. The Labute approximate surface area is 140 Å². The van der Waals surface area contributed by atoms with E-state index in [4.69, 9.17) is 0 Å². The molecule has 0 aliphatic heterocycles. The summed E-state index contributed by atoms with van der Waals surface area (Å²) in [6.45, 7) is 3.53. The summed E-state index contributed by atoms with van der Waals surface area (Å²) >= 11 is 0. The fourth-order valence-electron chi connectivity index (χ4n) is 2.47. The summed E-state index contributed by atoms with van der Waals surface area (Å²) in [6, 6.07) is 8.72. The van der Waals surface area contributed by atoms with E-state index < -0.39 is 0 Å². The Hall–Kier alpha value is -2.76. The van der Waals surface area contributed by atoms with Gasteiger partial charge in [-0.15, -0.1) is 0 Å². The van der Waals surface area contributed by atoms with E-state index in [1.165, 1.54) is 6.33 Å². The molecule has 1 unspecified atom stereocenters. The van der Waals surface area contributed by atoms with Gasteiger partial charge in [0.05, 0.1) is 6.33 Å². The second-order valence-corrected chi connectivity index (χ2v) is 5.76. The van der Waals surface area contributed by atoms with Crippen LogP contribution in [0.5, 0.6) is 0 Å². The first kappa shape index (κ1) is 17.6. The molecule has 1 amide bonds. The van der Waals surface area contributed by atoms with Crippen LogP contribution in [0, 0.1) is 6.92 Å². The molecule has 0 saturated heterocycles. The Morgan fingerprint density at radius 3 is 2.62 bits per heavy atom. The van der Waals surface area contributed by atoms with Gasteiger partial charge in [0, 0.05) is 35.7 Å². The molecule has 0 saturated carbocycles. The quantitative estimate of drug-likeness (QED) is 0.758. The van der Waals surface area contributed by atoms with E-state index in [0.29, 0.717) is 23.2 Å². The molecule has 24 heavy (non-hydrogen) atoms. The number of amides is 1. The largest absolute Gasteiger partial charge is 0.353 e. The van der Waals surface area contributed by atoms with Crippen LogP contribution in [0.4, 0.5) is 0 Å². The van der Waals surface area contributed by atoms with Gasteiger partial charge in [-0.1, -0.05) is 30.3 Å². The van der Waals surface area contributed by atoms with Crippen LogP contribution >= 0.6 is 0 Å². The highest BCUT2D eigenvalue weighted by Crippen LogP contribution is 2.06. The minimum Gasteiger partial charge on any atom is -0.353 e. The number of aromatic amines is 1. The maximum Gasteiger partial charge on any atom is 0.254 e. The minimum atomic E-state index is -0.265. The van der Waals surface area contributed by atoms with Gasteiger partial charge in [0.2, 0.25) is 5.91 Å². The van der Waals surface area contributed by atoms with Crippen molar-refractivity contribution in [1.29, 1.82) is 0 Å². The highest BCUT2D eigenvalue weighted by atomic mass is 16.2. The van der Waals surface area contributed by atoms with Gasteiger partial charge in [0.1, 0.15) is 0 Å².